The average molecular weight is 198 g/mol. The lowest BCUT2D eigenvalue weighted by molar-refractivity contribution is -0.696. The van der Waals surface area contributed by atoms with Gasteiger partial charge in [-0.1, -0.05) is 26.7 Å². The van der Waals surface area contributed by atoms with Crippen LogP contribution in [0.4, 0.5) is 0 Å². The molecule has 82 valence electrons. The van der Waals surface area contributed by atoms with Crippen LogP contribution in [0.5, 0.6) is 0 Å². The van der Waals surface area contributed by atoms with E-state index in [9.17, 15) is 0 Å². The molecule has 3 heteroatoms. The second-order valence-corrected chi connectivity index (χ2v) is 3.60. The van der Waals surface area contributed by atoms with Gasteiger partial charge in [-0.15, -0.1) is 0 Å². The minimum Gasteiger partial charge on any atom is -0.870 e. The molecule has 1 aromatic heterocycles. The topological polar surface area (TPSA) is 38.8 Å². The molecule has 0 aliphatic heterocycles. The van der Waals surface area contributed by atoms with Gasteiger partial charge < -0.3 is 5.48 Å². The summed E-state index contributed by atoms with van der Waals surface area (Å²) in [5.41, 5.74) is 0. The second kappa shape index (κ2) is 7.56. The smallest absolute Gasteiger partial charge is 0.243 e. The van der Waals surface area contributed by atoms with E-state index in [4.69, 9.17) is 0 Å². The molecule has 0 atom stereocenters. The quantitative estimate of drug-likeness (QED) is 0.646. The molecule has 0 radical (unpaired) electrons. The summed E-state index contributed by atoms with van der Waals surface area (Å²) >= 11 is 0. The highest BCUT2D eigenvalue weighted by atomic mass is 16.0. The van der Waals surface area contributed by atoms with Crippen LogP contribution in [0, 0.1) is 0 Å². The van der Waals surface area contributed by atoms with Crippen molar-refractivity contribution in [3.05, 3.63) is 18.7 Å². The van der Waals surface area contributed by atoms with Crippen molar-refractivity contribution in [2.24, 2.45) is 0 Å². The Morgan fingerprint density at radius 3 is 2.50 bits per heavy atom. The molecule has 1 rings (SSSR count). The molecule has 1 N–H and O–H groups in total. The Balaban J connectivity index is 0.00000169. The van der Waals surface area contributed by atoms with Crippen LogP contribution in [-0.2, 0) is 13.1 Å². The van der Waals surface area contributed by atoms with Gasteiger partial charge in [0.25, 0.3) is 0 Å². The van der Waals surface area contributed by atoms with Gasteiger partial charge in [-0.25, -0.2) is 9.13 Å². The molecule has 0 bridgehead atoms. The second-order valence-electron chi connectivity index (χ2n) is 3.60. The molecule has 0 unspecified atom stereocenters. The maximum atomic E-state index is 2.28. The minimum absolute atomic E-state index is 0. The van der Waals surface area contributed by atoms with E-state index < -0.39 is 0 Å². The third-order valence-corrected chi connectivity index (χ3v) is 2.29. The van der Waals surface area contributed by atoms with Crippen LogP contribution < -0.4 is 4.57 Å². The Morgan fingerprint density at radius 2 is 1.86 bits per heavy atom. The minimum atomic E-state index is 0. The van der Waals surface area contributed by atoms with E-state index in [1.165, 1.54) is 25.7 Å². The van der Waals surface area contributed by atoms with Crippen molar-refractivity contribution in [2.45, 2.75) is 52.6 Å². The van der Waals surface area contributed by atoms with E-state index in [1.807, 2.05) is 0 Å². The monoisotopic (exact) mass is 198 g/mol. The van der Waals surface area contributed by atoms with Gasteiger partial charge in [-0.3, -0.25) is 0 Å². The average Bonchev–Trinajstić information content (AvgIpc) is 2.59. The number of aryl methyl sites for hydroxylation is 2. The van der Waals surface area contributed by atoms with Crippen LogP contribution in [-0.4, -0.2) is 10.0 Å². The van der Waals surface area contributed by atoms with Crippen molar-refractivity contribution in [1.82, 2.24) is 4.57 Å². The molecule has 0 aromatic carbocycles. The van der Waals surface area contributed by atoms with Crippen molar-refractivity contribution in [3.8, 4) is 0 Å². The number of nitrogens with zero attached hydrogens (tertiary/aromatic N) is 2. The van der Waals surface area contributed by atoms with Gasteiger partial charge in [0, 0.05) is 0 Å². The van der Waals surface area contributed by atoms with Crippen LogP contribution >= 0.6 is 0 Å². The predicted molar refractivity (Wildman–Crippen MR) is 56.4 cm³/mol. The highest BCUT2D eigenvalue weighted by molar-refractivity contribution is 4.65. The fourth-order valence-electron chi connectivity index (χ4n) is 1.38. The fourth-order valence-corrected chi connectivity index (χ4v) is 1.38. The van der Waals surface area contributed by atoms with Gasteiger partial charge in [0.15, 0.2) is 0 Å². The standard InChI is InChI=1S/C11H21N2.H2O/c1-3-5-7-12-9-10-13(11-12)8-6-4-2;/h9-11H,3-8H2,1-2H3;1H2/q+1;/p-1. The molecule has 0 saturated heterocycles. The van der Waals surface area contributed by atoms with E-state index in [0.717, 1.165) is 13.1 Å². The molecule has 1 aromatic rings. The molecule has 14 heavy (non-hydrogen) atoms. The molecule has 0 aliphatic rings. The van der Waals surface area contributed by atoms with Crippen molar-refractivity contribution < 1.29 is 10.0 Å². The van der Waals surface area contributed by atoms with E-state index in [2.05, 4.69) is 41.7 Å². The summed E-state index contributed by atoms with van der Waals surface area (Å²) in [6.45, 7) is 6.79. The third-order valence-electron chi connectivity index (χ3n) is 2.29. The van der Waals surface area contributed by atoms with Crippen LogP contribution in [0.25, 0.3) is 0 Å². The summed E-state index contributed by atoms with van der Waals surface area (Å²) in [7, 11) is 0. The van der Waals surface area contributed by atoms with E-state index in [1.54, 1.807) is 0 Å². The number of imidazole rings is 1. The van der Waals surface area contributed by atoms with Crippen molar-refractivity contribution in [1.29, 1.82) is 0 Å². The van der Waals surface area contributed by atoms with Crippen LogP contribution in [0.2, 0.25) is 0 Å². The summed E-state index contributed by atoms with van der Waals surface area (Å²) in [6, 6.07) is 0. The zero-order chi connectivity index (χ0) is 9.52. The van der Waals surface area contributed by atoms with E-state index >= 15 is 0 Å². The number of rotatable bonds is 6. The lowest BCUT2D eigenvalue weighted by Crippen LogP contribution is -2.30. The Labute approximate surface area is 86.7 Å². The number of hydrogen-bond donors (Lipinski definition) is 0. The van der Waals surface area contributed by atoms with Gasteiger partial charge in [0.1, 0.15) is 12.4 Å². The molecule has 0 saturated carbocycles. The molecule has 0 fully saturated rings. The van der Waals surface area contributed by atoms with Gasteiger partial charge in [0.05, 0.1) is 13.1 Å². The Hall–Kier alpha value is -0.830. The molecule has 1 heterocycles. The van der Waals surface area contributed by atoms with Crippen LogP contribution in [0.1, 0.15) is 39.5 Å². The SMILES string of the molecule is CCCCn1cc[n+](CCCC)c1.[OH-]. The summed E-state index contributed by atoms with van der Waals surface area (Å²) in [4.78, 5) is 0. The molecular formula is C11H22N2O. The maximum absolute atomic E-state index is 2.28. The van der Waals surface area contributed by atoms with Crippen molar-refractivity contribution >= 4 is 0 Å². The summed E-state index contributed by atoms with van der Waals surface area (Å²) in [6.07, 6.45) is 11.7. The predicted octanol–water partition coefficient (Wildman–Crippen LogP) is 2.20. The van der Waals surface area contributed by atoms with Gasteiger partial charge in [-0.05, 0) is 12.8 Å². The van der Waals surface area contributed by atoms with E-state index in [-0.39, 0.29) is 5.48 Å². The van der Waals surface area contributed by atoms with E-state index in [0.29, 0.717) is 0 Å². The molecule has 0 aliphatic carbocycles. The zero-order valence-corrected chi connectivity index (χ0v) is 9.32. The van der Waals surface area contributed by atoms with Crippen LogP contribution in [0.15, 0.2) is 18.7 Å². The maximum Gasteiger partial charge on any atom is 0.243 e. The number of hydrogen-bond acceptors (Lipinski definition) is 1. The highest BCUT2D eigenvalue weighted by Crippen LogP contribution is 1.93. The number of aromatic nitrogens is 2. The highest BCUT2D eigenvalue weighted by Gasteiger charge is 2.01. The lowest BCUT2D eigenvalue weighted by atomic mass is 10.3. The number of unbranched alkanes of at least 4 members (excludes halogenated alkanes) is 2. The summed E-state index contributed by atoms with van der Waals surface area (Å²) in [5.74, 6) is 0. The van der Waals surface area contributed by atoms with Gasteiger partial charge in [0.2, 0.25) is 6.33 Å². The first-order valence-corrected chi connectivity index (χ1v) is 5.41. The first-order chi connectivity index (χ1) is 6.36. The lowest BCUT2D eigenvalue weighted by Gasteiger charge is -1.93. The largest absolute Gasteiger partial charge is 0.870 e. The van der Waals surface area contributed by atoms with Crippen molar-refractivity contribution in [2.75, 3.05) is 0 Å². The first kappa shape index (κ1) is 13.2. The van der Waals surface area contributed by atoms with Gasteiger partial charge >= 0.3 is 0 Å². The Kier molecular flexibility index (Phi) is 7.11. The Bertz CT molecular complexity index is 210. The molecular weight excluding hydrogens is 176 g/mol. The van der Waals surface area contributed by atoms with Gasteiger partial charge in [-0.2, -0.15) is 0 Å². The fraction of sp³-hybridized carbons (Fsp3) is 0.727. The third kappa shape index (κ3) is 4.42. The molecule has 0 amide bonds. The molecule has 0 spiro atoms. The Morgan fingerprint density at radius 1 is 1.14 bits per heavy atom. The zero-order valence-electron chi connectivity index (χ0n) is 9.32. The summed E-state index contributed by atoms with van der Waals surface area (Å²) < 4.78 is 4.55. The molecule has 3 nitrogen and oxygen atoms in total. The van der Waals surface area contributed by atoms with Crippen molar-refractivity contribution in [3.63, 3.8) is 0 Å². The summed E-state index contributed by atoms with van der Waals surface area (Å²) in [5, 5.41) is 0. The van der Waals surface area contributed by atoms with Crippen LogP contribution in [0.3, 0.4) is 0 Å². The normalized spacial score (nSPS) is 9.86. The first-order valence-electron chi connectivity index (χ1n) is 5.41.